The van der Waals surface area contributed by atoms with E-state index in [1.165, 1.54) is 19.1 Å². The molecule has 1 heterocycles. The van der Waals surface area contributed by atoms with Crippen LogP contribution in [0.25, 0.3) is 0 Å². The van der Waals surface area contributed by atoms with Gasteiger partial charge in [0.15, 0.2) is 5.78 Å². The van der Waals surface area contributed by atoms with Gasteiger partial charge in [-0.05, 0) is 25.1 Å². The molecule has 0 aromatic heterocycles. The maximum absolute atomic E-state index is 10.9. The van der Waals surface area contributed by atoms with Crippen LogP contribution in [0.2, 0.25) is 0 Å². The fourth-order valence-electron chi connectivity index (χ4n) is 2.01. The number of benzene rings is 2. The molecule has 0 aliphatic carbocycles. The molecule has 6 nitrogen and oxygen atoms in total. The lowest BCUT2D eigenvalue weighted by Crippen LogP contribution is -2.05. The SMILES string of the molecule is CC.CC.CC(=O)c1ccccc1C(=O)O.O=C1OC(=O)c2ccccc21. The summed E-state index contributed by atoms with van der Waals surface area (Å²) in [5, 5.41) is 8.66. The molecule has 2 aromatic carbocycles. The van der Waals surface area contributed by atoms with Crippen molar-refractivity contribution in [3.63, 3.8) is 0 Å². The number of carboxylic acids is 1. The molecule has 0 amide bonds. The lowest BCUT2D eigenvalue weighted by molar-refractivity contribution is 0.0443. The molecule has 3 rings (SSSR count). The Bertz CT molecular complexity index is 742. The monoisotopic (exact) mass is 372 g/mol. The van der Waals surface area contributed by atoms with Crippen LogP contribution in [0.3, 0.4) is 0 Å². The number of ether oxygens (including phenoxy) is 1. The van der Waals surface area contributed by atoms with Crippen LogP contribution < -0.4 is 0 Å². The quantitative estimate of drug-likeness (QED) is 0.469. The molecule has 0 bridgehead atoms. The van der Waals surface area contributed by atoms with E-state index in [4.69, 9.17) is 5.11 Å². The highest BCUT2D eigenvalue weighted by Gasteiger charge is 2.28. The van der Waals surface area contributed by atoms with Crippen LogP contribution >= 0.6 is 0 Å². The van der Waals surface area contributed by atoms with Crippen LogP contribution in [0.5, 0.6) is 0 Å². The smallest absolute Gasteiger partial charge is 0.346 e. The van der Waals surface area contributed by atoms with Crippen LogP contribution in [0, 0.1) is 0 Å². The summed E-state index contributed by atoms with van der Waals surface area (Å²) in [6.07, 6.45) is 0. The predicted octanol–water partition coefficient (Wildman–Crippen LogP) is 4.64. The fraction of sp³-hybridized carbons (Fsp3) is 0.238. The number of cyclic esters (lactones) is 2. The normalized spacial score (nSPS) is 10.6. The highest BCUT2D eigenvalue weighted by atomic mass is 16.6. The van der Waals surface area contributed by atoms with Gasteiger partial charge in [-0.15, -0.1) is 0 Å². The van der Waals surface area contributed by atoms with Crippen molar-refractivity contribution >= 4 is 23.7 Å². The third-order valence-corrected chi connectivity index (χ3v) is 3.09. The van der Waals surface area contributed by atoms with Crippen LogP contribution in [0.1, 0.15) is 76.1 Å². The first-order valence-corrected chi connectivity index (χ1v) is 8.60. The van der Waals surface area contributed by atoms with Gasteiger partial charge in [-0.3, -0.25) is 4.79 Å². The van der Waals surface area contributed by atoms with E-state index >= 15 is 0 Å². The molecular formula is C21H24O6. The lowest BCUT2D eigenvalue weighted by Gasteiger charge is -1.99. The molecule has 0 saturated heterocycles. The summed E-state index contributed by atoms with van der Waals surface area (Å²) in [4.78, 5) is 43.1. The largest absolute Gasteiger partial charge is 0.478 e. The Morgan fingerprint density at radius 1 is 0.741 bits per heavy atom. The summed E-state index contributed by atoms with van der Waals surface area (Å²) in [7, 11) is 0. The van der Waals surface area contributed by atoms with Crippen molar-refractivity contribution < 1.29 is 29.0 Å². The minimum atomic E-state index is -1.07. The number of hydrogen-bond donors (Lipinski definition) is 1. The van der Waals surface area contributed by atoms with Gasteiger partial charge in [-0.25, -0.2) is 14.4 Å². The Labute approximate surface area is 158 Å². The maximum Gasteiger partial charge on any atom is 0.346 e. The maximum atomic E-state index is 10.9. The molecule has 27 heavy (non-hydrogen) atoms. The topological polar surface area (TPSA) is 97.7 Å². The van der Waals surface area contributed by atoms with E-state index in [0.717, 1.165) is 0 Å². The van der Waals surface area contributed by atoms with Crippen LogP contribution in [-0.4, -0.2) is 28.8 Å². The van der Waals surface area contributed by atoms with E-state index in [-0.39, 0.29) is 16.9 Å². The van der Waals surface area contributed by atoms with Gasteiger partial charge in [0.2, 0.25) is 0 Å². The number of carboxylic acid groups (broad SMARTS) is 1. The molecule has 2 aromatic rings. The average molecular weight is 372 g/mol. The zero-order chi connectivity index (χ0) is 21.0. The van der Waals surface area contributed by atoms with Gasteiger partial charge in [0.25, 0.3) is 0 Å². The molecule has 144 valence electrons. The number of rotatable bonds is 2. The zero-order valence-electron chi connectivity index (χ0n) is 16.1. The van der Waals surface area contributed by atoms with Crippen molar-refractivity contribution in [2.75, 3.05) is 0 Å². The standard InChI is InChI=1S/C9H8O3.C8H4O3.2C2H6/c1-6(10)7-4-2-3-5-8(7)9(11)12;9-7-5-3-1-2-4-6(5)8(10)11-7;2*1-2/h2-5H,1H3,(H,11,12);1-4H;2*1-2H3. The second-order valence-corrected chi connectivity index (χ2v) is 4.63. The number of ketones is 1. The molecule has 1 aliphatic rings. The first-order chi connectivity index (χ1) is 12.9. The molecule has 0 spiro atoms. The summed E-state index contributed by atoms with van der Waals surface area (Å²) in [5.74, 6) is -2.40. The Kier molecular flexibility index (Phi) is 10.7. The van der Waals surface area contributed by atoms with Crippen molar-refractivity contribution in [3.05, 3.63) is 70.8 Å². The molecular weight excluding hydrogens is 348 g/mol. The molecule has 0 radical (unpaired) electrons. The van der Waals surface area contributed by atoms with Crippen LogP contribution in [-0.2, 0) is 4.74 Å². The predicted molar refractivity (Wildman–Crippen MR) is 102 cm³/mol. The summed E-state index contributed by atoms with van der Waals surface area (Å²) in [5.41, 5.74) is 1.03. The van der Waals surface area contributed by atoms with Gasteiger partial charge >= 0.3 is 17.9 Å². The van der Waals surface area contributed by atoms with Gasteiger partial charge in [0.1, 0.15) is 0 Å². The number of carbonyl (C=O) groups is 4. The third kappa shape index (κ3) is 6.51. The minimum Gasteiger partial charge on any atom is -0.478 e. The van der Waals surface area contributed by atoms with Crippen LogP contribution in [0.15, 0.2) is 48.5 Å². The van der Waals surface area contributed by atoms with Gasteiger partial charge < -0.3 is 9.84 Å². The number of carbonyl (C=O) groups excluding carboxylic acids is 3. The number of fused-ring (bicyclic) bond motifs is 1. The zero-order valence-corrected chi connectivity index (χ0v) is 16.1. The van der Waals surface area contributed by atoms with Gasteiger partial charge in [0, 0.05) is 5.56 Å². The molecule has 1 N–H and O–H groups in total. The van der Waals surface area contributed by atoms with Crippen molar-refractivity contribution in [3.8, 4) is 0 Å². The summed E-state index contributed by atoms with van der Waals surface area (Å²) >= 11 is 0. The average Bonchev–Trinajstić information content (AvgIpc) is 3.00. The van der Waals surface area contributed by atoms with E-state index in [2.05, 4.69) is 4.74 Å². The number of Topliss-reactive ketones (excluding diaryl/α,β-unsaturated/α-hetero) is 1. The Morgan fingerprint density at radius 2 is 1.11 bits per heavy atom. The molecule has 0 fully saturated rings. The minimum absolute atomic E-state index is 0.0602. The number of esters is 2. The van der Waals surface area contributed by atoms with E-state index in [9.17, 15) is 19.2 Å². The van der Waals surface area contributed by atoms with Gasteiger partial charge in [-0.2, -0.15) is 0 Å². The Hall–Kier alpha value is -3.28. The molecule has 1 aliphatic heterocycles. The first-order valence-electron chi connectivity index (χ1n) is 8.60. The summed E-state index contributed by atoms with van der Waals surface area (Å²) < 4.78 is 4.35. The Balaban J connectivity index is 0.000000424. The molecule has 0 saturated carbocycles. The first kappa shape index (κ1) is 23.7. The highest BCUT2D eigenvalue weighted by Crippen LogP contribution is 2.18. The van der Waals surface area contributed by atoms with E-state index in [1.54, 1.807) is 36.4 Å². The second kappa shape index (κ2) is 12.1. The summed E-state index contributed by atoms with van der Waals surface area (Å²) in [6.45, 7) is 9.35. The lowest BCUT2D eigenvalue weighted by atomic mass is 10.1. The summed E-state index contributed by atoms with van der Waals surface area (Å²) in [6, 6.07) is 12.7. The van der Waals surface area contributed by atoms with Crippen molar-refractivity contribution in [2.24, 2.45) is 0 Å². The second-order valence-electron chi connectivity index (χ2n) is 4.63. The molecule has 6 heteroatoms. The third-order valence-electron chi connectivity index (χ3n) is 3.09. The molecule has 0 unspecified atom stereocenters. The van der Waals surface area contributed by atoms with E-state index < -0.39 is 17.9 Å². The van der Waals surface area contributed by atoms with Gasteiger partial charge in [0.05, 0.1) is 16.7 Å². The number of hydrogen-bond acceptors (Lipinski definition) is 5. The van der Waals surface area contributed by atoms with Crippen molar-refractivity contribution in [1.82, 2.24) is 0 Å². The molecule has 0 atom stereocenters. The number of aromatic carboxylic acids is 1. The van der Waals surface area contributed by atoms with Crippen molar-refractivity contribution in [2.45, 2.75) is 34.6 Å². The van der Waals surface area contributed by atoms with Gasteiger partial charge in [-0.1, -0.05) is 58.0 Å². The fourth-order valence-corrected chi connectivity index (χ4v) is 2.01. The van der Waals surface area contributed by atoms with E-state index in [0.29, 0.717) is 11.1 Å². The highest BCUT2D eigenvalue weighted by molar-refractivity contribution is 6.14. The Morgan fingerprint density at radius 3 is 1.44 bits per heavy atom. The van der Waals surface area contributed by atoms with Crippen LogP contribution in [0.4, 0.5) is 0 Å². The van der Waals surface area contributed by atoms with Crippen molar-refractivity contribution in [1.29, 1.82) is 0 Å². The van der Waals surface area contributed by atoms with E-state index in [1.807, 2.05) is 27.7 Å².